The minimum atomic E-state index is -0.166. The molecule has 2 aromatic carbocycles. The first kappa shape index (κ1) is 18.7. The fraction of sp³-hybridized carbons (Fsp3) is 0.316. The summed E-state index contributed by atoms with van der Waals surface area (Å²) >= 11 is 7.44. The lowest BCUT2D eigenvalue weighted by atomic mass is 10.2. The molecule has 0 aromatic heterocycles. The molecule has 2 aromatic rings. The molecule has 5 heteroatoms. The maximum atomic E-state index is 12.5. The Bertz CT molecular complexity index is 673. The Kier molecular flexibility index (Phi) is 7.00. The third-order valence-electron chi connectivity index (χ3n) is 3.23. The monoisotopic (exact) mass is 363 g/mol. The summed E-state index contributed by atoms with van der Waals surface area (Å²) in [6, 6.07) is 15.0. The summed E-state index contributed by atoms with van der Waals surface area (Å²) in [5.74, 6) is 0.736. The molecular weight excluding hydrogens is 342 g/mol. The van der Waals surface area contributed by atoms with Crippen LogP contribution in [0.3, 0.4) is 0 Å². The first-order valence-corrected chi connectivity index (χ1v) is 9.23. The molecule has 1 atom stereocenters. The van der Waals surface area contributed by atoms with E-state index in [9.17, 15) is 4.79 Å². The predicted molar refractivity (Wildman–Crippen MR) is 102 cm³/mol. The van der Waals surface area contributed by atoms with Gasteiger partial charge in [0.05, 0.1) is 11.4 Å². The number of carbonyl (C=O) groups is 1. The molecule has 1 N–H and O–H groups in total. The number of nitrogens with one attached hydrogen (secondary N) is 1. The van der Waals surface area contributed by atoms with Crippen molar-refractivity contribution < 1.29 is 9.53 Å². The molecule has 0 radical (unpaired) electrons. The minimum absolute atomic E-state index is 0.0147. The van der Waals surface area contributed by atoms with E-state index in [1.165, 1.54) is 11.8 Å². The van der Waals surface area contributed by atoms with Crippen LogP contribution in [0.2, 0.25) is 5.02 Å². The maximum absolute atomic E-state index is 12.5. The second-order valence-electron chi connectivity index (χ2n) is 5.65. The van der Waals surface area contributed by atoms with Crippen molar-refractivity contribution >= 4 is 35.0 Å². The molecule has 0 aliphatic rings. The number of hydrogen-bond acceptors (Lipinski definition) is 3. The first-order chi connectivity index (χ1) is 11.5. The number of benzene rings is 2. The summed E-state index contributed by atoms with van der Waals surface area (Å²) in [6.07, 6.45) is 0.834. The van der Waals surface area contributed by atoms with Gasteiger partial charge in [0, 0.05) is 21.7 Å². The van der Waals surface area contributed by atoms with E-state index in [-0.39, 0.29) is 17.3 Å². The number of anilines is 1. The molecule has 2 rings (SSSR count). The number of ether oxygens (including phenoxy) is 1. The average molecular weight is 364 g/mol. The van der Waals surface area contributed by atoms with Crippen molar-refractivity contribution in [3.63, 3.8) is 0 Å². The topological polar surface area (TPSA) is 38.3 Å². The van der Waals surface area contributed by atoms with E-state index in [1.54, 1.807) is 0 Å². The van der Waals surface area contributed by atoms with Gasteiger partial charge in [-0.3, -0.25) is 4.79 Å². The Morgan fingerprint density at radius 1 is 1.21 bits per heavy atom. The van der Waals surface area contributed by atoms with Crippen molar-refractivity contribution in [3.05, 3.63) is 53.6 Å². The van der Waals surface area contributed by atoms with Gasteiger partial charge in [0.25, 0.3) is 0 Å². The molecule has 128 valence electrons. The number of rotatable bonds is 7. The van der Waals surface area contributed by atoms with Gasteiger partial charge < -0.3 is 10.1 Å². The molecule has 0 bridgehead atoms. The minimum Gasteiger partial charge on any atom is -0.491 e. The van der Waals surface area contributed by atoms with Crippen LogP contribution in [-0.2, 0) is 4.79 Å². The molecular formula is C19H22ClNO2S. The summed E-state index contributed by atoms with van der Waals surface area (Å²) in [7, 11) is 0. The van der Waals surface area contributed by atoms with Gasteiger partial charge in [-0.05, 0) is 56.7 Å². The Morgan fingerprint density at radius 2 is 1.92 bits per heavy atom. The van der Waals surface area contributed by atoms with Crippen LogP contribution in [0, 0.1) is 0 Å². The van der Waals surface area contributed by atoms with Gasteiger partial charge in [-0.1, -0.05) is 24.6 Å². The number of hydrogen-bond donors (Lipinski definition) is 1. The largest absolute Gasteiger partial charge is 0.491 e. The average Bonchev–Trinajstić information content (AvgIpc) is 2.54. The summed E-state index contributed by atoms with van der Waals surface area (Å²) in [4.78, 5) is 13.6. The van der Waals surface area contributed by atoms with E-state index >= 15 is 0 Å². The fourth-order valence-corrected chi connectivity index (χ4v) is 3.22. The van der Waals surface area contributed by atoms with Crippen molar-refractivity contribution in [2.24, 2.45) is 0 Å². The fourth-order valence-electron chi connectivity index (χ4n) is 2.14. The molecule has 0 spiro atoms. The highest BCUT2D eigenvalue weighted by atomic mass is 35.5. The SMILES string of the molecule is CC[C@@H](Sc1ccc(Cl)cc1)C(=O)Nc1cccc(OC(C)C)c1. The number of carbonyl (C=O) groups excluding carboxylic acids is 1. The first-order valence-electron chi connectivity index (χ1n) is 7.97. The van der Waals surface area contributed by atoms with Gasteiger partial charge in [-0.15, -0.1) is 11.8 Å². The van der Waals surface area contributed by atoms with Crippen LogP contribution in [0.1, 0.15) is 27.2 Å². The lowest BCUT2D eigenvalue weighted by Crippen LogP contribution is -2.24. The van der Waals surface area contributed by atoms with Gasteiger partial charge in [0.15, 0.2) is 0 Å². The summed E-state index contributed by atoms with van der Waals surface area (Å²) in [6.45, 7) is 5.95. The Labute approximate surface area is 152 Å². The lowest BCUT2D eigenvalue weighted by Gasteiger charge is -2.16. The highest BCUT2D eigenvalue weighted by Gasteiger charge is 2.18. The van der Waals surface area contributed by atoms with Crippen molar-refractivity contribution in [2.45, 2.75) is 43.4 Å². The van der Waals surface area contributed by atoms with Crippen LogP contribution in [0.4, 0.5) is 5.69 Å². The normalized spacial score (nSPS) is 12.0. The molecule has 0 fully saturated rings. The zero-order chi connectivity index (χ0) is 17.5. The Morgan fingerprint density at radius 3 is 2.54 bits per heavy atom. The predicted octanol–water partition coefficient (Wildman–Crippen LogP) is 5.64. The second kappa shape index (κ2) is 9.00. The number of thioether (sulfide) groups is 1. The van der Waals surface area contributed by atoms with Gasteiger partial charge in [0.1, 0.15) is 5.75 Å². The standard InChI is InChI=1S/C19H22ClNO2S/c1-4-18(24-17-10-8-14(20)9-11-17)19(22)21-15-6-5-7-16(12-15)23-13(2)3/h5-13,18H,4H2,1-3H3,(H,21,22)/t18-/m1/s1. The van der Waals surface area contributed by atoms with Crippen LogP contribution in [0.5, 0.6) is 5.75 Å². The summed E-state index contributed by atoms with van der Waals surface area (Å²) in [5.41, 5.74) is 0.744. The Hall–Kier alpha value is -1.65. The van der Waals surface area contributed by atoms with Crippen LogP contribution in [-0.4, -0.2) is 17.3 Å². The van der Waals surface area contributed by atoms with Crippen LogP contribution in [0.15, 0.2) is 53.4 Å². The number of amides is 1. The van der Waals surface area contributed by atoms with Crippen molar-refractivity contribution in [2.75, 3.05) is 5.32 Å². The van der Waals surface area contributed by atoms with Crippen LogP contribution in [0.25, 0.3) is 0 Å². The molecule has 24 heavy (non-hydrogen) atoms. The van der Waals surface area contributed by atoms with Gasteiger partial charge in [0.2, 0.25) is 5.91 Å². The maximum Gasteiger partial charge on any atom is 0.237 e. The van der Waals surface area contributed by atoms with Gasteiger partial charge >= 0.3 is 0 Å². The zero-order valence-electron chi connectivity index (χ0n) is 14.1. The quantitative estimate of drug-likeness (QED) is 0.647. The summed E-state index contributed by atoms with van der Waals surface area (Å²) < 4.78 is 5.66. The third kappa shape index (κ3) is 5.77. The molecule has 0 aliphatic heterocycles. The third-order valence-corrected chi connectivity index (χ3v) is 4.86. The molecule has 1 amide bonds. The molecule has 0 saturated heterocycles. The molecule has 0 saturated carbocycles. The van der Waals surface area contributed by atoms with E-state index < -0.39 is 0 Å². The molecule has 0 unspecified atom stereocenters. The highest BCUT2D eigenvalue weighted by molar-refractivity contribution is 8.00. The van der Waals surface area contributed by atoms with E-state index in [4.69, 9.17) is 16.3 Å². The van der Waals surface area contributed by atoms with Crippen LogP contribution < -0.4 is 10.1 Å². The van der Waals surface area contributed by atoms with Crippen molar-refractivity contribution in [1.82, 2.24) is 0 Å². The molecule has 0 aliphatic carbocycles. The van der Waals surface area contributed by atoms with Crippen LogP contribution >= 0.6 is 23.4 Å². The van der Waals surface area contributed by atoms with E-state index in [1.807, 2.05) is 69.3 Å². The van der Waals surface area contributed by atoms with Gasteiger partial charge in [-0.25, -0.2) is 0 Å². The van der Waals surface area contributed by atoms with E-state index in [2.05, 4.69) is 5.32 Å². The molecule has 3 nitrogen and oxygen atoms in total. The van der Waals surface area contributed by atoms with E-state index in [0.717, 1.165) is 22.8 Å². The smallest absolute Gasteiger partial charge is 0.237 e. The van der Waals surface area contributed by atoms with Crippen molar-refractivity contribution in [3.8, 4) is 5.75 Å². The Balaban J connectivity index is 2.02. The van der Waals surface area contributed by atoms with Gasteiger partial charge in [-0.2, -0.15) is 0 Å². The lowest BCUT2D eigenvalue weighted by molar-refractivity contribution is -0.115. The zero-order valence-corrected chi connectivity index (χ0v) is 15.7. The van der Waals surface area contributed by atoms with Crippen molar-refractivity contribution in [1.29, 1.82) is 0 Å². The second-order valence-corrected chi connectivity index (χ2v) is 7.36. The highest BCUT2D eigenvalue weighted by Crippen LogP contribution is 2.28. The van der Waals surface area contributed by atoms with E-state index in [0.29, 0.717) is 5.02 Å². The summed E-state index contributed by atoms with van der Waals surface area (Å²) in [5, 5.41) is 3.50. The number of halogens is 1. The molecule has 0 heterocycles.